The Morgan fingerprint density at radius 1 is 1.14 bits per heavy atom. The lowest BCUT2D eigenvalue weighted by molar-refractivity contribution is 0.723. The van der Waals surface area contributed by atoms with Crippen LogP contribution in [0.3, 0.4) is 0 Å². The van der Waals surface area contributed by atoms with Gasteiger partial charge in [-0.2, -0.15) is 0 Å². The van der Waals surface area contributed by atoms with Crippen LogP contribution in [0.2, 0.25) is 19.6 Å². The van der Waals surface area contributed by atoms with Crippen LogP contribution in [0.1, 0.15) is 5.56 Å². The van der Waals surface area contributed by atoms with Gasteiger partial charge in [-0.25, -0.2) is 0 Å². The van der Waals surface area contributed by atoms with Crippen molar-refractivity contribution in [3.8, 4) is 0 Å². The molecule has 1 nitrogen and oxygen atoms in total. The second kappa shape index (κ2) is 4.01. The minimum Gasteiger partial charge on any atom is -0.401 e. The Balaban J connectivity index is 2.87. The van der Waals surface area contributed by atoms with Crippen LogP contribution in [-0.2, 0) is 0 Å². The van der Waals surface area contributed by atoms with E-state index >= 15 is 0 Å². The molecule has 0 aromatic heterocycles. The van der Waals surface area contributed by atoms with E-state index in [1.165, 1.54) is 5.56 Å². The summed E-state index contributed by atoms with van der Waals surface area (Å²) in [5, 5.41) is 0. The molecule has 2 heteroatoms. The molecule has 0 aliphatic heterocycles. The molecule has 0 aliphatic carbocycles. The zero-order valence-electron chi connectivity index (χ0n) is 9.54. The van der Waals surface area contributed by atoms with Crippen LogP contribution in [0.25, 0.3) is 5.70 Å². The summed E-state index contributed by atoms with van der Waals surface area (Å²) >= 11 is 0. The molecular formula is C12H19NSi. The third kappa shape index (κ3) is 2.48. The van der Waals surface area contributed by atoms with Crippen molar-refractivity contribution in [3.63, 3.8) is 0 Å². The van der Waals surface area contributed by atoms with Crippen molar-refractivity contribution in [2.24, 2.45) is 0 Å². The van der Waals surface area contributed by atoms with E-state index in [1.54, 1.807) is 0 Å². The van der Waals surface area contributed by atoms with Gasteiger partial charge in [-0.3, -0.25) is 0 Å². The van der Waals surface area contributed by atoms with E-state index < -0.39 is 8.24 Å². The first-order valence-electron chi connectivity index (χ1n) is 4.91. The zero-order valence-corrected chi connectivity index (χ0v) is 10.5. The molecule has 14 heavy (non-hydrogen) atoms. The maximum atomic E-state index is 4.15. The third-order valence-electron chi connectivity index (χ3n) is 2.52. The lowest BCUT2D eigenvalue weighted by atomic mass is 10.2. The van der Waals surface area contributed by atoms with Crippen molar-refractivity contribution in [2.75, 3.05) is 7.05 Å². The molecule has 0 atom stereocenters. The monoisotopic (exact) mass is 205 g/mol. The minimum absolute atomic E-state index is 1.13. The molecule has 1 aromatic rings. The number of nitrogens with zero attached hydrogens (tertiary/aromatic N) is 1. The van der Waals surface area contributed by atoms with Gasteiger partial charge in [0.15, 0.2) is 0 Å². The first-order valence-corrected chi connectivity index (χ1v) is 8.36. The van der Waals surface area contributed by atoms with Crippen molar-refractivity contribution in [1.29, 1.82) is 0 Å². The van der Waals surface area contributed by atoms with Gasteiger partial charge in [0, 0.05) is 5.70 Å². The van der Waals surface area contributed by atoms with Crippen LogP contribution >= 0.6 is 0 Å². The van der Waals surface area contributed by atoms with Gasteiger partial charge in [0.1, 0.15) is 8.24 Å². The lowest BCUT2D eigenvalue weighted by Crippen LogP contribution is -2.41. The Hall–Kier alpha value is -1.02. The number of hydrogen-bond donors (Lipinski definition) is 0. The Kier molecular flexibility index (Phi) is 3.16. The van der Waals surface area contributed by atoms with Gasteiger partial charge in [0.2, 0.25) is 0 Å². The molecular weight excluding hydrogens is 186 g/mol. The highest BCUT2D eigenvalue weighted by atomic mass is 28.3. The van der Waals surface area contributed by atoms with Gasteiger partial charge in [0.05, 0.1) is 0 Å². The van der Waals surface area contributed by atoms with Gasteiger partial charge in [-0.1, -0.05) is 56.6 Å². The highest BCUT2D eigenvalue weighted by Crippen LogP contribution is 2.21. The van der Waals surface area contributed by atoms with Crippen LogP contribution < -0.4 is 0 Å². The van der Waals surface area contributed by atoms with E-state index in [-0.39, 0.29) is 0 Å². The summed E-state index contributed by atoms with van der Waals surface area (Å²) in [6.07, 6.45) is 0. The summed E-state index contributed by atoms with van der Waals surface area (Å²) in [5.41, 5.74) is 2.35. The summed E-state index contributed by atoms with van der Waals surface area (Å²) in [6, 6.07) is 10.4. The number of rotatable bonds is 3. The molecule has 0 amide bonds. The Labute approximate surface area is 88.2 Å². The fraction of sp³-hybridized carbons (Fsp3) is 0.333. The van der Waals surface area contributed by atoms with E-state index in [1.807, 2.05) is 6.07 Å². The number of benzene rings is 1. The van der Waals surface area contributed by atoms with Crippen molar-refractivity contribution in [2.45, 2.75) is 19.6 Å². The van der Waals surface area contributed by atoms with Crippen LogP contribution in [0.5, 0.6) is 0 Å². The molecule has 0 radical (unpaired) electrons. The van der Waals surface area contributed by atoms with E-state index in [9.17, 15) is 0 Å². The second-order valence-corrected chi connectivity index (χ2v) is 9.56. The standard InChI is InChI=1S/C12H19NSi/c1-11(13(2)14(3,4)5)12-9-7-6-8-10-12/h6-10H,1H2,2-5H3. The van der Waals surface area contributed by atoms with Crippen LogP contribution in [0, 0.1) is 0 Å². The minimum atomic E-state index is -1.27. The largest absolute Gasteiger partial charge is 0.401 e. The van der Waals surface area contributed by atoms with Gasteiger partial charge >= 0.3 is 0 Å². The molecule has 1 aromatic carbocycles. The summed E-state index contributed by atoms with van der Waals surface area (Å²) in [5.74, 6) is 0. The highest BCUT2D eigenvalue weighted by molar-refractivity contribution is 6.74. The van der Waals surface area contributed by atoms with Crippen molar-refractivity contribution in [3.05, 3.63) is 42.5 Å². The Morgan fingerprint density at radius 2 is 1.64 bits per heavy atom. The molecule has 0 heterocycles. The zero-order chi connectivity index (χ0) is 10.8. The Bertz CT molecular complexity index is 311. The van der Waals surface area contributed by atoms with Crippen LogP contribution in [-0.4, -0.2) is 19.8 Å². The second-order valence-electron chi connectivity index (χ2n) is 4.54. The summed E-state index contributed by atoms with van der Waals surface area (Å²) in [7, 11) is 0.868. The average molecular weight is 205 g/mol. The predicted molar refractivity (Wildman–Crippen MR) is 66.6 cm³/mol. The molecule has 0 N–H and O–H groups in total. The molecule has 0 bridgehead atoms. The van der Waals surface area contributed by atoms with Gasteiger partial charge in [0.25, 0.3) is 0 Å². The Morgan fingerprint density at radius 3 is 2.07 bits per heavy atom. The maximum absolute atomic E-state index is 4.15. The maximum Gasteiger partial charge on any atom is 0.147 e. The molecule has 76 valence electrons. The van der Waals surface area contributed by atoms with Crippen LogP contribution in [0.15, 0.2) is 36.9 Å². The SMILES string of the molecule is C=C(c1ccccc1)N(C)[Si](C)(C)C. The summed E-state index contributed by atoms with van der Waals surface area (Å²) < 4.78 is 2.34. The van der Waals surface area contributed by atoms with Crippen LogP contribution in [0.4, 0.5) is 0 Å². The number of hydrogen-bond acceptors (Lipinski definition) is 1. The first-order chi connectivity index (χ1) is 6.43. The van der Waals surface area contributed by atoms with E-state index in [0.29, 0.717) is 0 Å². The van der Waals surface area contributed by atoms with Gasteiger partial charge in [-0.05, 0) is 12.6 Å². The predicted octanol–water partition coefficient (Wildman–Crippen LogP) is 3.42. The van der Waals surface area contributed by atoms with Crippen molar-refractivity contribution in [1.82, 2.24) is 4.57 Å². The van der Waals surface area contributed by atoms with Crippen molar-refractivity contribution < 1.29 is 0 Å². The van der Waals surface area contributed by atoms with Crippen molar-refractivity contribution >= 4 is 13.9 Å². The molecule has 0 saturated carbocycles. The third-order valence-corrected chi connectivity index (χ3v) is 4.80. The van der Waals surface area contributed by atoms with E-state index in [0.717, 1.165) is 5.70 Å². The first kappa shape index (κ1) is 11.1. The quantitative estimate of drug-likeness (QED) is 0.683. The van der Waals surface area contributed by atoms with E-state index in [4.69, 9.17) is 0 Å². The lowest BCUT2D eigenvalue weighted by Gasteiger charge is -2.34. The summed E-state index contributed by atoms with van der Waals surface area (Å²) in [4.78, 5) is 0. The van der Waals surface area contributed by atoms with Gasteiger partial charge < -0.3 is 4.57 Å². The summed E-state index contributed by atoms with van der Waals surface area (Å²) in [6.45, 7) is 11.1. The highest BCUT2D eigenvalue weighted by Gasteiger charge is 2.21. The molecule has 0 spiro atoms. The molecule has 1 rings (SSSR count). The molecule has 0 unspecified atom stereocenters. The topological polar surface area (TPSA) is 3.24 Å². The average Bonchev–Trinajstić information content (AvgIpc) is 2.15. The van der Waals surface area contributed by atoms with E-state index in [2.05, 4.69) is 62.1 Å². The van der Waals surface area contributed by atoms with Gasteiger partial charge in [-0.15, -0.1) is 0 Å². The normalized spacial score (nSPS) is 11.1. The molecule has 0 fully saturated rings. The molecule has 0 saturated heterocycles. The smallest absolute Gasteiger partial charge is 0.147 e. The molecule has 0 aliphatic rings. The fourth-order valence-corrected chi connectivity index (χ4v) is 2.17. The fourth-order valence-electron chi connectivity index (χ4n) is 1.23.